The zero-order chi connectivity index (χ0) is 16.2. The number of benzene rings is 3. The number of hydrogen-bond acceptors (Lipinski definition) is 0. The smallest absolute Gasteiger partial charge is 0.131 e. The highest BCUT2D eigenvalue weighted by Gasteiger charge is 2.13. The fraction of sp³-hybridized carbons (Fsp3) is 0.143. The molecule has 0 saturated carbocycles. The van der Waals surface area contributed by atoms with Gasteiger partial charge in [-0.05, 0) is 35.2 Å². The average molecular weight is 308 g/mol. The van der Waals surface area contributed by atoms with Gasteiger partial charge in [-0.3, -0.25) is 0 Å². The van der Waals surface area contributed by atoms with Crippen molar-refractivity contribution in [1.29, 1.82) is 0 Å². The van der Waals surface area contributed by atoms with Crippen LogP contribution in [0, 0.1) is 11.6 Å². The van der Waals surface area contributed by atoms with Gasteiger partial charge in [0.2, 0.25) is 0 Å². The van der Waals surface area contributed by atoms with E-state index in [1.54, 1.807) is 12.1 Å². The van der Waals surface area contributed by atoms with Crippen LogP contribution in [0.1, 0.15) is 18.9 Å². The number of halogens is 2. The second-order valence-corrected chi connectivity index (χ2v) is 5.62. The molecule has 0 nitrogen and oxygen atoms in total. The summed E-state index contributed by atoms with van der Waals surface area (Å²) >= 11 is 0. The Labute approximate surface area is 135 Å². The van der Waals surface area contributed by atoms with E-state index in [0.717, 1.165) is 12.8 Å². The topological polar surface area (TPSA) is 0 Å². The molecule has 0 amide bonds. The maximum atomic E-state index is 14.5. The van der Waals surface area contributed by atoms with Crippen LogP contribution in [0.5, 0.6) is 0 Å². The first-order chi connectivity index (χ1) is 11.2. The summed E-state index contributed by atoms with van der Waals surface area (Å²) in [5.74, 6) is -0.821. The van der Waals surface area contributed by atoms with Crippen molar-refractivity contribution in [3.05, 3.63) is 83.9 Å². The van der Waals surface area contributed by atoms with Crippen LogP contribution < -0.4 is 0 Å². The van der Waals surface area contributed by atoms with E-state index in [2.05, 4.69) is 6.92 Å². The monoisotopic (exact) mass is 308 g/mol. The molecule has 0 heterocycles. The Morgan fingerprint density at radius 3 is 1.74 bits per heavy atom. The van der Waals surface area contributed by atoms with Crippen molar-refractivity contribution in [3.8, 4) is 22.3 Å². The SMILES string of the molecule is CCCc1ccc(-c2cc(F)c(-c3ccccc3)cc2F)cc1. The summed E-state index contributed by atoms with van der Waals surface area (Å²) in [6.07, 6.45) is 2.05. The minimum absolute atomic E-state index is 0.287. The summed E-state index contributed by atoms with van der Waals surface area (Å²) in [5, 5.41) is 0. The predicted octanol–water partition coefficient (Wildman–Crippen LogP) is 6.25. The molecule has 3 rings (SSSR count). The van der Waals surface area contributed by atoms with E-state index in [1.807, 2.05) is 42.5 Å². The lowest BCUT2D eigenvalue weighted by Crippen LogP contribution is -1.92. The molecule has 0 aliphatic heterocycles. The molecule has 0 aliphatic carbocycles. The Hall–Kier alpha value is -2.48. The maximum absolute atomic E-state index is 14.5. The quantitative estimate of drug-likeness (QED) is 0.534. The first kappa shape index (κ1) is 15.4. The standard InChI is InChI=1S/C21H18F2/c1-2-6-15-9-11-17(12-10-15)19-14-20(22)18(13-21(19)23)16-7-4-3-5-8-16/h3-5,7-14H,2,6H2,1H3. The molecule has 0 aliphatic rings. The maximum Gasteiger partial charge on any atom is 0.131 e. The van der Waals surface area contributed by atoms with Crippen molar-refractivity contribution in [1.82, 2.24) is 0 Å². The second kappa shape index (κ2) is 6.74. The highest BCUT2D eigenvalue weighted by molar-refractivity contribution is 5.71. The molecule has 0 N–H and O–H groups in total. The van der Waals surface area contributed by atoms with Gasteiger partial charge in [0, 0.05) is 11.1 Å². The van der Waals surface area contributed by atoms with Gasteiger partial charge in [-0.15, -0.1) is 0 Å². The van der Waals surface area contributed by atoms with Crippen molar-refractivity contribution in [2.75, 3.05) is 0 Å². The fourth-order valence-electron chi connectivity index (χ4n) is 2.75. The summed E-state index contributed by atoms with van der Waals surface area (Å²) in [6.45, 7) is 2.12. The molecule has 116 valence electrons. The lowest BCUT2D eigenvalue weighted by molar-refractivity contribution is 0.606. The summed E-state index contributed by atoms with van der Waals surface area (Å²) in [6, 6.07) is 19.2. The molecule has 0 unspecified atom stereocenters. The van der Waals surface area contributed by atoms with E-state index in [9.17, 15) is 8.78 Å². The van der Waals surface area contributed by atoms with E-state index in [0.29, 0.717) is 16.7 Å². The van der Waals surface area contributed by atoms with Crippen LogP contribution in [0.2, 0.25) is 0 Å². The summed E-state index contributed by atoms with van der Waals surface area (Å²) in [5.41, 5.74) is 3.16. The molecule has 0 spiro atoms. The predicted molar refractivity (Wildman–Crippen MR) is 91.2 cm³/mol. The van der Waals surface area contributed by atoms with Crippen molar-refractivity contribution in [2.24, 2.45) is 0 Å². The summed E-state index contributed by atoms with van der Waals surface area (Å²) in [7, 11) is 0. The summed E-state index contributed by atoms with van der Waals surface area (Å²) in [4.78, 5) is 0. The molecule has 0 atom stereocenters. The van der Waals surface area contributed by atoms with Gasteiger partial charge in [0.05, 0.1) is 0 Å². The van der Waals surface area contributed by atoms with Crippen molar-refractivity contribution < 1.29 is 8.78 Å². The largest absolute Gasteiger partial charge is 0.206 e. The molecular formula is C21H18F2. The van der Waals surface area contributed by atoms with Crippen molar-refractivity contribution in [2.45, 2.75) is 19.8 Å². The van der Waals surface area contributed by atoms with Crippen LogP contribution in [0.3, 0.4) is 0 Å². The first-order valence-electron chi connectivity index (χ1n) is 7.83. The van der Waals surface area contributed by atoms with Crippen LogP contribution in [0.4, 0.5) is 8.78 Å². The Morgan fingerprint density at radius 1 is 0.696 bits per heavy atom. The van der Waals surface area contributed by atoms with Gasteiger partial charge >= 0.3 is 0 Å². The van der Waals surface area contributed by atoms with Gasteiger partial charge in [0.25, 0.3) is 0 Å². The molecule has 23 heavy (non-hydrogen) atoms. The van der Waals surface area contributed by atoms with Crippen LogP contribution in [0.15, 0.2) is 66.7 Å². The van der Waals surface area contributed by atoms with Crippen LogP contribution in [-0.4, -0.2) is 0 Å². The Balaban J connectivity index is 2.00. The highest BCUT2D eigenvalue weighted by atomic mass is 19.1. The lowest BCUT2D eigenvalue weighted by atomic mass is 9.98. The third-order valence-electron chi connectivity index (χ3n) is 3.95. The summed E-state index contributed by atoms with van der Waals surface area (Å²) < 4.78 is 28.9. The zero-order valence-corrected chi connectivity index (χ0v) is 13.0. The molecule has 0 bridgehead atoms. The minimum Gasteiger partial charge on any atom is -0.206 e. The Bertz CT molecular complexity index is 790. The van der Waals surface area contributed by atoms with Gasteiger partial charge in [-0.2, -0.15) is 0 Å². The first-order valence-corrected chi connectivity index (χ1v) is 7.83. The molecule has 3 aromatic carbocycles. The van der Waals surface area contributed by atoms with Gasteiger partial charge in [-0.25, -0.2) is 8.78 Å². The van der Waals surface area contributed by atoms with E-state index < -0.39 is 11.6 Å². The molecule has 0 aromatic heterocycles. The lowest BCUT2D eigenvalue weighted by Gasteiger charge is -2.09. The highest BCUT2D eigenvalue weighted by Crippen LogP contribution is 2.30. The normalized spacial score (nSPS) is 10.7. The molecule has 0 radical (unpaired) electrons. The average Bonchev–Trinajstić information content (AvgIpc) is 2.58. The van der Waals surface area contributed by atoms with Crippen LogP contribution in [-0.2, 0) is 6.42 Å². The van der Waals surface area contributed by atoms with Crippen molar-refractivity contribution >= 4 is 0 Å². The zero-order valence-electron chi connectivity index (χ0n) is 13.0. The molecule has 3 aromatic rings. The second-order valence-electron chi connectivity index (χ2n) is 5.62. The minimum atomic E-state index is -0.412. The third kappa shape index (κ3) is 3.31. The van der Waals surface area contributed by atoms with Crippen LogP contribution >= 0.6 is 0 Å². The van der Waals surface area contributed by atoms with E-state index in [-0.39, 0.29) is 5.56 Å². The van der Waals surface area contributed by atoms with E-state index in [4.69, 9.17) is 0 Å². The third-order valence-corrected chi connectivity index (χ3v) is 3.95. The van der Waals surface area contributed by atoms with Crippen molar-refractivity contribution in [3.63, 3.8) is 0 Å². The van der Waals surface area contributed by atoms with E-state index >= 15 is 0 Å². The Kier molecular flexibility index (Phi) is 4.52. The number of aryl methyl sites for hydroxylation is 1. The molecule has 0 fully saturated rings. The Morgan fingerprint density at radius 2 is 1.22 bits per heavy atom. The molecule has 0 saturated heterocycles. The molecular weight excluding hydrogens is 290 g/mol. The number of hydrogen-bond donors (Lipinski definition) is 0. The fourth-order valence-corrected chi connectivity index (χ4v) is 2.75. The van der Waals surface area contributed by atoms with Gasteiger partial charge in [0.1, 0.15) is 11.6 Å². The van der Waals surface area contributed by atoms with Gasteiger partial charge in [-0.1, -0.05) is 67.9 Å². The van der Waals surface area contributed by atoms with Gasteiger partial charge in [0.15, 0.2) is 0 Å². The van der Waals surface area contributed by atoms with Gasteiger partial charge < -0.3 is 0 Å². The van der Waals surface area contributed by atoms with Crippen LogP contribution in [0.25, 0.3) is 22.3 Å². The van der Waals surface area contributed by atoms with E-state index in [1.165, 1.54) is 17.7 Å². The number of rotatable bonds is 4. The molecule has 2 heteroatoms.